The van der Waals surface area contributed by atoms with E-state index in [0.717, 1.165) is 0 Å². The third-order valence-electron chi connectivity index (χ3n) is 3.28. The van der Waals surface area contributed by atoms with Gasteiger partial charge in [0.05, 0.1) is 19.8 Å². The average molecular weight is 280 g/mol. The number of rotatable bonds is 4. The second kappa shape index (κ2) is 6.58. The zero-order chi connectivity index (χ0) is 14.5. The minimum absolute atomic E-state index is 0.00421. The summed E-state index contributed by atoms with van der Waals surface area (Å²) in [6, 6.07) is 4.68. The number of likely N-dealkylation sites (N-methyl/N-ethyl adjacent to an activating group) is 1. The van der Waals surface area contributed by atoms with Gasteiger partial charge in [0, 0.05) is 25.2 Å². The Kier molecular flexibility index (Phi) is 4.81. The van der Waals surface area contributed by atoms with Gasteiger partial charge in [-0.3, -0.25) is 4.79 Å². The maximum atomic E-state index is 12.4. The largest absolute Gasteiger partial charge is 0.504 e. The second-order valence-electron chi connectivity index (χ2n) is 4.69. The lowest BCUT2D eigenvalue weighted by molar-refractivity contribution is -0.0196. The van der Waals surface area contributed by atoms with E-state index in [2.05, 4.69) is 5.32 Å². The van der Waals surface area contributed by atoms with Crippen LogP contribution < -0.4 is 10.1 Å². The molecule has 6 heteroatoms. The molecule has 0 saturated carbocycles. The Morgan fingerprint density at radius 2 is 2.40 bits per heavy atom. The highest BCUT2D eigenvalue weighted by Crippen LogP contribution is 2.27. The first-order chi connectivity index (χ1) is 9.65. The summed E-state index contributed by atoms with van der Waals surface area (Å²) in [6.45, 7) is 2.34. The van der Waals surface area contributed by atoms with Crippen molar-refractivity contribution in [3.05, 3.63) is 23.8 Å². The van der Waals surface area contributed by atoms with Gasteiger partial charge >= 0.3 is 0 Å². The monoisotopic (exact) mass is 280 g/mol. The Balaban J connectivity index is 2.08. The number of carbonyl (C=O) groups is 1. The molecule has 6 nitrogen and oxygen atoms in total. The molecule has 20 heavy (non-hydrogen) atoms. The summed E-state index contributed by atoms with van der Waals surface area (Å²) in [4.78, 5) is 14.1. The van der Waals surface area contributed by atoms with Gasteiger partial charge in [0.25, 0.3) is 5.91 Å². The van der Waals surface area contributed by atoms with Crippen molar-refractivity contribution in [3.8, 4) is 11.5 Å². The van der Waals surface area contributed by atoms with Crippen molar-refractivity contribution in [1.29, 1.82) is 0 Å². The van der Waals surface area contributed by atoms with Gasteiger partial charge in [-0.2, -0.15) is 0 Å². The van der Waals surface area contributed by atoms with Crippen LogP contribution in [0.4, 0.5) is 0 Å². The third kappa shape index (κ3) is 3.20. The van der Waals surface area contributed by atoms with Gasteiger partial charge in [0.1, 0.15) is 0 Å². The molecule has 2 N–H and O–H groups in total. The number of phenols is 1. The molecule has 0 radical (unpaired) electrons. The first-order valence-corrected chi connectivity index (χ1v) is 6.58. The molecule has 0 spiro atoms. The molecule has 1 saturated heterocycles. The third-order valence-corrected chi connectivity index (χ3v) is 3.28. The zero-order valence-electron chi connectivity index (χ0n) is 11.8. The average Bonchev–Trinajstić information content (AvgIpc) is 2.47. The summed E-state index contributed by atoms with van der Waals surface area (Å²) in [5, 5.41) is 12.8. The van der Waals surface area contributed by atoms with Gasteiger partial charge in [-0.1, -0.05) is 0 Å². The van der Waals surface area contributed by atoms with Crippen LogP contribution in [0.5, 0.6) is 11.5 Å². The van der Waals surface area contributed by atoms with E-state index in [1.54, 1.807) is 17.0 Å². The SMILES string of the molecule is CNCC1CN(C(=O)c2ccc(OC)c(O)c2)CCO1. The van der Waals surface area contributed by atoms with Crippen molar-refractivity contribution >= 4 is 5.91 Å². The van der Waals surface area contributed by atoms with E-state index in [9.17, 15) is 9.90 Å². The molecule has 0 aliphatic carbocycles. The number of aromatic hydroxyl groups is 1. The number of nitrogens with one attached hydrogen (secondary N) is 1. The van der Waals surface area contributed by atoms with E-state index in [-0.39, 0.29) is 17.8 Å². The molecule has 1 fully saturated rings. The minimum atomic E-state index is -0.104. The highest BCUT2D eigenvalue weighted by atomic mass is 16.5. The summed E-state index contributed by atoms with van der Waals surface area (Å²) in [5.74, 6) is 0.224. The first kappa shape index (κ1) is 14.6. The van der Waals surface area contributed by atoms with Crippen LogP contribution in [0.15, 0.2) is 18.2 Å². The van der Waals surface area contributed by atoms with E-state index in [0.29, 0.717) is 37.6 Å². The quantitative estimate of drug-likeness (QED) is 0.838. The van der Waals surface area contributed by atoms with Crippen LogP contribution in [0.3, 0.4) is 0 Å². The van der Waals surface area contributed by atoms with Crippen molar-refractivity contribution in [3.63, 3.8) is 0 Å². The Hall–Kier alpha value is -1.79. The fourth-order valence-electron chi connectivity index (χ4n) is 2.26. The van der Waals surface area contributed by atoms with E-state index in [1.807, 2.05) is 7.05 Å². The van der Waals surface area contributed by atoms with E-state index < -0.39 is 0 Å². The van der Waals surface area contributed by atoms with Crippen molar-refractivity contribution in [2.24, 2.45) is 0 Å². The van der Waals surface area contributed by atoms with Gasteiger partial charge in [0.2, 0.25) is 0 Å². The fourth-order valence-corrected chi connectivity index (χ4v) is 2.26. The lowest BCUT2D eigenvalue weighted by Crippen LogP contribution is -2.48. The summed E-state index contributed by atoms with van der Waals surface area (Å²) in [5.41, 5.74) is 0.452. The molecule has 1 atom stereocenters. The van der Waals surface area contributed by atoms with Crippen LogP contribution in [0.2, 0.25) is 0 Å². The smallest absolute Gasteiger partial charge is 0.254 e. The number of hydrogen-bond acceptors (Lipinski definition) is 5. The Labute approximate surface area is 118 Å². The second-order valence-corrected chi connectivity index (χ2v) is 4.69. The van der Waals surface area contributed by atoms with E-state index >= 15 is 0 Å². The number of amides is 1. The highest BCUT2D eigenvalue weighted by Gasteiger charge is 2.25. The van der Waals surface area contributed by atoms with Crippen molar-refractivity contribution in [2.45, 2.75) is 6.10 Å². The molecule has 1 amide bonds. The predicted octanol–water partition coefficient (Wildman–Crippen LogP) is 0.461. The Morgan fingerprint density at radius 3 is 3.05 bits per heavy atom. The number of methoxy groups -OCH3 is 1. The molecule has 110 valence electrons. The number of ether oxygens (including phenoxy) is 2. The molecular weight excluding hydrogens is 260 g/mol. The van der Waals surface area contributed by atoms with Crippen molar-refractivity contribution in [1.82, 2.24) is 10.2 Å². The highest BCUT2D eigenvalue weighted by molar-refractivity contribution is 5.95. The molecule has 0 bridgehead atoms. The molecular formula is C14H20N2O4. The molecule has 0 aromatic heterocycles. The normalized spacial score (nSPS) is 18.9. The van der Waals surface area contributed by atoms with Gasteiger partial charge in [-0.15, -0.1) is 0 Å². The topological polar surface area (TPSA) is 71.0 Å². The molecule has 1 aliphatic rings. The first-order valence-electron chi connectivity index (χ1n) is 6.58. The Morgan fingerprint density at radius 1 is 1.60 bits per heavy atom. The predicted molar refractivity (Wildman–Crippen MR) is 74.2 cm³/mol. The number of carbonyl (C=O) groups excluding carboxylic acids is 1. The summed E-state index contributed by atoms with van der Waals surface area (Å²) < 4.78 is 10.5. The Bertz CT molecular complexity index is 476. The lowest BCUT2D eigenvalue weighted by atomic mass is 10.1. The van der Waals surface area contributed by atoms with Crippen LogP contribution in [0.25, 0.3) is 0 Å². The standard InChI is InChI=1S/C14H20N2O4/c1-15-8-11-9-16(5-6-20-11)14(18)10-3-4-13(19-2)12(17)7-10/h3-4,7,11,15,17H,5-6,8-9H2,1-2H3. The molecule has 2 rings (SSSR count). The fraction of sp³-hybridized carbons (Fsp3) is 0.500. The van der Waals surface area contributed by atoms with Crippen LogP contribution >= 0.6 is 0 Å². The summed E-state index contributed by atoms with van der Waals surface area (Å²) in [6.07, 6.45) is 0.00421. The molecule has 1 aromatic carbocycles. The van der Waals surface area contributed by atoms with E-state index in [4.69, 9.17) is 9.47 Å². The lowest BCUT2D eigenvalue weighted by Gasteiger charge is -2.33. The van der Waals surface area contributed by atoms with Gasteiger partial charge in [0.15, 0.2) is 11.5 Å². The van der Waals surface area contributed by atoms with Crippen molar-refractivity contribution in [2.75, 3.05) is 40.4 Å². The minimum Gasteiger partial charge on any atom is -0.504 e. The molecule has 1 aromatic rings. The molecule has 1 aliphatic heterocycles. The van der Waals surface area contributed by atoms with Gasteiger partial charge in [-0.05, 0) is 25.2 Å². The summed E-state index contributed by atoms with van der Waals surface area (Å²) >= 11 is 0. The molecule has 1 unspecified atom stereocenters. The zero-order valence-corrected chi connectivity index (χ0v) is 11.8. The number of hydrogen-bond donors (Lipinski definition) is 2. The summed E-state index contributed by atoms with van der Waals surface area (Å²) in [7, 11) is 3.33. The number of benzene rings is 1. The maximum absolute atomic E-state index is 12.4. The van der Waals surface area contributed by atoms with Crippen LogP contribution in [-0.2, 0) is 4.74 Å². The van der Waals surface area contributed by atoms with E-state index in [1.165, 1.54) is 13.2 Å². The van der Waals surface area contributed by atoms with Crippen LogP contribution in [-0.4, -0.2) is 62.4 Å². The van der Waals surface area contributed by atoms with Crippen LogP contribution in [0, 0.1) is 0 Å². The van der Waals surface area contributed by atoms with Crippen molar-refractivity contribution < 1.29 is 19.4 Å². The number of morpholine rings is 1. The van der Waals surface area contributed by atoms with Gasteiger partial charge in [-0.25, -0.2) is 0 Å². The van der Waals surface area contributed by atoms with Gasteiger partial charge < -0.3 is 24.8 Å². The maximum Gasteiger partial charge on any atom is 0.254 e. The van der Waals surface area contributed by atoms with Crippen LogP contribution in [0.1, 0.15) is 10.4 Å². The number of phenolic OH excluding ortho intramolecular Hbond substituents is 1. The molecule has 1 heterocycles. The number of nitrogens with zero attached hydrogens (tertiary/aromatic N) is 1.